The smallest absolute Gasteiger partial charge is 0.0382 e. The Morgan fingerprint density at radius 2 is 2.10 bits per heavy atom. The van der Waals surface area contributed by atoms with Crippen molar-refractivity contribution in [2.24, 2.45) is 0 Å². The molecule has 2 unspecified atom stereocenters. The summed E-state index contributed by atoms with van der Waals surface area (Å²) < 4.78 is 0. The lowest BCUT2D eigenvalue weighted by atomic mass is 9.83. The van der Waals surface area contributed by atoms with Crippen molar-refractivity contribution in [1.82, 2.24) is 4.98 Å². The second-order valence-corrected chi connectivity index (χ2v) is 5.21. The summed E-state index contributed by atoms with van der Waals surface area (Å²) in [5.74, 6) is 0.408. The lowest BCUT2D eigenvalue weighted by molar-refractivity contribution is 0.671. The number of para-hydroxylation sites is 1. The number of pyridine rings is 1. The number of hydrogen-bond acceptors (Lipinski definition) is 2. The highest BCUT2D eigenvalue weighted by molar-refractivity contribution is 5.78. The Morgan fingerprint density at radius 3 is 2.80 bits per heavy atom. The zero-order valence-electron chi connectivity index (χ0n) is 12.0. The van der Waals surface area contributed by atoms with Crippen LogP contribution < -0.4 is 5.32 Å². The maximum Gasteiger partial charge on any atom is 0.0382 e. The highest BCUT2D eigenvalue weighted by Gasteiger charge is 2.33. The zero-order valence-corrected chi connectivity index (χ0v) is 12.0. The van der Waals surface area contributed by atoms with E-state index in [9.17, 15) is 0 Å². The number of benzene rings is 1. The van der Waals surface area contributed by atoms with E-state index in [2.05, 4.69) is 60.6 Å². The van der Waals surface area contributed by atoms with E-state index in [1.165, 1.54) is 22.4 Å². The van der Waals surface area contributed by atoms with Gasteiger partial charge in [0.15, 0.2) is 0 Å². The number of fused-ring (bicyclic) bond motifs is 1. The van der Waals surface area contributed by atoms with E-state index in [0.717, 1.165) is 6.42 Å². The Bertz CT molecular complexity index is 616. The van der Waals surface area contributed by atoms with Gasteiger partial charge in [0, 0.05) is 30.0 Å². The standard InChI is InChI=1S/C18H20N2/c1-3-14(13-8-7-11-19-12-13)18-15-9-5-6-10-17(15)20-16(18)4-2/h3,5-12,16,18,20H,4H2,1-2H3/b14-3-. The van der Waals surface area contributed by atoms with Crippen molar-refractivity contribution in [2.75, 3.05) is 5.32 Å². The second kappa shape index (κ2) is 5.49. The van der Waals surface area contributed by atoms with Gasteiger partial charge in [-0.25, -0.2) is 0 Å². The fourth-order valence-electron chi connectivity index (χ4n) is 3.18. The van der Waals surface area contributed by atoms with E-state index in [1.54, 1.807) is 0 Å². The molecule has 1 aliphatic rings. The van der Waals surface area contributed by atoms with Crippen LogP contribution in [0.5, 0.6) is 0 Å². The number of anilines is 1. The minimum Gasteiger partial charge on any atom is -0.381 e. The number of nitrogens with zero attached hydrogens (tertiary/aromatic N) is 1. The number of allylic oxidation sites excluding steroid dienone is 1. The molecule has 0 spiro atoms. The molecule has 2 aromatic rings. The minimum absolute atomic E-state index is 0.408. The van der Waals surface area contributed by atoms with Crippen LogP contribution in [0.3, 0.4) is 0 Å². The van der Waals surface area contributed by atoms with Gasteiger partial charge in [-0.1, -0.05) is 37.3 Å². The van der Waals surface area contributed by atoms with Crippen LogP contribution >= 0.6 is 0 Å². The summed E-state index contributed by atoms with van der Waals surface area (Å²) in [6.45, 7) is 4.36. The number of nitrogens with one attached hydrogen (secondary N) is 1. The SMILES string of the molecule is C/C=C(/c1cccnc1)C1c2ccccc2NC1CC. The molecule has 2 heterocycles. The van der Waals surface area contributed by atoms with Gasteiger partial charge in [-0.3, -0.25) is 4.98 Å². The molecule has 1 aliphatic heterocycles. The summed E-state index contributed by atoms with van der Waals surface area (Å²) in [7, 11) is 0. The van der Waals surface area contributed by atoms with Crippen molar-refractivity contribution in [2.45, 2.75) is 32.2 Å². The van der Waals surface area contributed by atoms with E-state index in [1.807, 2.05) is 18.5 Å². The Kier molecular flexibility index (Phi) is 3.55. The molecule has 102 valence electrons. The van der Waals surface area contributed by atoms with Crippen molar-refractivity contribution in [3.05, 3.63) is 66.0 Å². The van der Waals surface area contributed by atoms with E-state index in [4.69, 9.17) is 0 Å². The molecule has 20 heavy (non-hydrogen) atoms. The van der Waals surface area contributed by atoms with E-state index in [-0.39, 0.29) is 0 Å². The van der Waals surface area contributed by atoms with Crippen LogP contribution in [0.4, 0.5) is 5.69 Å². The predicted molar refractivity (Wildman–Crippen MR) is 84.8 cm³/mol. The Hall–Kier alpha value is -2.09. The monoisotopic (exact) mass is 264 g/mol. The highest BCUT2D eigenvalue weighted by Crippen LogP contribution is 2.44. The largest absolute Gasteiger partial charge is 0.381 e. The maximum atomic E-state index is 4.27. The number of hydrogen-bond donors (Lipinski definition) is 1. The van der Waals surface area contributed by atoms with Crippen LogP contribution in [0.1, 0.15) is 37.3 Å². The molecule has 1 aromatic heterocycles. The van der Waals surface area contributed by atoms with Gasteiger partial charge in [-0.05, 0) is 42.2 Å². The quantitative estimate of drug-likeness (QED) is 0.884. The third-order valence-electron chi connectivity index (χ3n) is 4.12. The molecule has 2 heteroatoms. The molecule has 3 rings (SSSR count). The molecule has 2 atom stereocenters. The summed E-state index contributed by atoms with van der Waals surface area (Å²) in [5.41, 5.74) is 5.25. The van der Waals surface area contributed by atoms with Gasteiger partial charge in [0.2, 0.25) is 0 Å². The lowest BCUT2D eigenvalue weighted by Crippen LogP contribution is -2.20. The molecule has 0 amide bonds. The summed E-state index contributed by atoms with van der Waals surface area (Å²) in [6, 6.07) is 13.3. The molecule has 0 saturated heterocycles. The van der Waals surface area contributed by atoms with Crippen molar-refractivity contribution < 1.29 is 0 Å². The third-order valence-corrected chi connectivity index (χ3v) is 4.12. The average Bonchev–Trinajstić information content (AvgIpc) is 2.88. The third kappa shape index (κ3) is 2.11. The predicted octanol–water partition coefficient (Wildman–Crippen LogP) is 4.47. The van der Waals surface area contributed by atoms with E-state index >= 15 is 0 Å². The first kappa shape index (κ1) is 12.9. The van der Waals surface area contributed by atoms with Crippen LogP contribution in [-0.4, -0.2) is 11.0 Å². The number of rotatable bonds is 3. The number of aromatic nitrogens is 1. The summed E-state index contributed by atoms with van der Waals surface area (Å²) >= 11 is 0. The van der Waals surface area contributed by atoms with Crippen LogP contribution in [0.25, 0.3) is 5.57 Å². The zero-order chi connectivity index (χ0) is 13.9. The second-order valence-electron chi connectivity index (χ2n) is 5.21. The first-order valence-corrected chi connectivity index (χ1v) is 7.27. The van der Waals surface area contributed by atoms with Crippen LogP contribution in [-0.2, 0) is 0 Å². The molecule has 2 nitrogen and oxygen atoms in total. The van der Waals surface area contributed by atoms with Crippen LogP contribution in [0.15, 0.2) is 54.9 Å². The Morgan fingerprint density at radius 1 is 1.25 bits per heavy atom. The van der Waals surface area contributed by atoms with Gasteiger partial charge in [-0.2, -0.15) is 0 Å². The van der Waals surface area contributed by atoms with Crippen molar-refractivity contribution in [1.29, 1.82) is 0 Å². The normalized spacial score (nSPS) is 21.4. The van der Waals surface area contributed by atoms with Gasteiger partial charge in [0.25, 0.3) is 0 Å². The van der Waals surface area contributed by atoms with Crippen molar-refractivity contribution in [3.63, 3.8) is 0 Å². The molecule has 1 N–H and O–H groups in total. The van der Waals surface area contributed by atoms with Gasteiger partial charge in [0.1, 0.15) is 0 Å². The summed E-state index contributed by atoms with van der Waals surface area (Å²) in [6.07, 6.45) is 7.13. The van der Waals surface area contributed by atoms with E-state index in [0.29, 0.717) is 12.0 Å². The molecule has 0 saturated carbocycles. The first-order valence-electron chi connectivity index (χ1n) is 7.27. The highest BCUT2D eigenvalue weighted by atomic mass is 15.0. The minimum atomic E-state index is 0.408. The summed E-state index contributed by atoms with van der Waals surface area (Å²) in [5, 5.41) is 3.66. The maximum absolute atomic E-state index is 4.27. The van der Waals surface area contributed by atoms with Gasteiger partial charge in [-0.15, -0.1) is 0 Å². The fourth-order valence-corrected chi connectivity index (χ4v) is 3.18. The Labute approximate surface area is 120 Å². The van der Waals surface area contributed by atoms with Gasteiger partial charge < -0.3 is 5.32 Å². The summed E-state index contributed by atoms with van der Waals surface area (Å²) in [4.78, 5) is 4.27. The molecular weight excluding hydrogens is 244 g/mol. The van der Waals surface area contributed by atoms with Crippen molar-refractivity contribution >= 4 is 11.3 Å². The Balaban J connectivity index is 2.07. The fraction of sp³-hybridized carbons (Fsp3) is 0.278. The molecular formula is C18H20N2. The average molecular weight is 264 g/mol. The molecule has 0 bridgehead atoms. The van der Waals surface area contributed by atoms with Gasteiger partial charge in [0.05, 0.1) is 0 Å². The van der Waals surface area contributed by atoms with Crippen molar-refractivity contribution in [3.8, 4) is 0 Å². The molecule has 0 fully saturated rings. The van der Waals surface area contributed by atoms with E-state index < -0.39 is 0 Å². The first-order chi connectivity index (χ1) is 9.85. The van der Waals surface area contributed by atoms with Gasteiger partial charge >= 0.3 is 0 Å². The topological polar surface area (TPSA) is 24.9 Å². The lowest BCUT2D eigenvalue weighted by Gasteiger charge is -2.22. The molecule has 1 aromatic carbocycles. The molecule has 0 aliphatic carbocycles. The van der Waals surface area contributed by atoms with Crippen LogP contribution in [0.2, 0.25) is 0 Å². The molecule has 0 radical (unpaired) electrons. The van der Waals surface area contributed by atoms with Crippen LogP contribution in [0, 0.1) is 0 Å².